The summed E-state index contributed by atoms with van der Waals surface area (Å²) in [7, 11) is -3.97. The van der Waals surface area contributed by atoms with Crippen molar-refractivity contribution in [1.29, 1.82) is 5.26 Å². The number of para-hydroxylation sites is 1. The first-order valence-electron chi connectivity index (χ1n) is 10.7. The molecule has 2 aliphatic rings. The smallest absolute Gasteiger partial charge is 0.199 e. The van der Waals surface area contributed by atoms with Gasteiger partial charge in [0.05, 0.1) is 28.4 Å². The largest absolute Gasteiger partial charge is 0.351 e. The lowest BCUT2D eigenvalue weighted by Crippen LogP contribution is -2.62. The monoisotopic (exact) mass is 466 g/mol. The van der Waals surface area contributed by atoms with Gasteiger partial charge in [-0.15, -0.1) is 0 Å². The molecular formula is C24H23ClN4O2S. The number of aryl methyl sites for hydroxylation is 1. The number of halogens is 1. The average Bonchev–Trinajstić information content (AvgIpc) is 3.15. The molecule has 164 valence electrons. The number of hydrogen-bond acceptors (Lipinski definition) is 5. The first-order valence-corrected chi connectivity index (χ1v) is 12.6. The molecule has 5 rings (SSSR count). The van der Waals surface area contributed by atoms with E-state index in [2.05, 4.69) is 11.0 Å². The van der Waals surface area contributed by atoms with Crippen LogP contribution < -0.4 is 4.90 Å². The van der Waals surface area contributed by atoms with E-state index in [0.29, 0.717) is 18.0 Å². The average molecular weight is 467 g/mol. The third kappa shape index (κ3) is 2.97. The Balaban J connectivity index is 1.73. The number of fused-ring (bicyclic) bond motifs is 3. The molecule has 1 saturated heterocycles. The number of benzene rings is 2. The van der Waals surface area contributed by atoms with Crippen LogP contribution in [0.25, 0.3) is 5.69 Å². The van der Waals surface area contributed by atoms with E-state index in [1.54, 1.807) is 12.1 Å². The van der Waals surface area contributed by atoms with Gasteiger partial charge in [-0.25, -0.2) is 13.1 Å². The van der Waals surface area contributed by atoms with Gasteiger partial charge in [-0.2, -0.15) is 10.4 Å². The highest BCUT2D eigenvalue weighted by Gasteiger charge is 2.58. The van der Waals surface area contributed by atoms with Gasteiger partial charge in [-0.3, -0.25) is 0 Å². The zero-order valence-corrected chi connectivity index (χ0v) is 19.3. The molecular weight excluding hydrogens is 444 g/mol. The van der Waals surface area contributed by atoms with Crippen LogP contribution in [0.2, 0.25) is 5.02 Å². The Labute approximate surface area is 193 Å². The Morgan fingerprint density at radius 2 is 1.84 bits per heavy atom. The Hall–Kier alpha value is -2.82. The van der Waals surface area contributed by atoms with Crippen LogP contribution in [0.15, 0.2) is 59.5 Å². The maximum atomic E-state index is 14.0. The number of sulfone groups is 1. The SMILES string of the molecule is Cc1nn(-c2ccccc2)c2c1CC(C#N)(S(=O)(=O)c1ccc(Cl)cc1)C1CCCCN21. The number of nitriles is 1. The quantitative estimate of drug-likeness (QED) is 0.568. The van der Waals surface area contributed by atoms with Crippen LogP contribution in [0, 0.1) is 18.3 Å². The van der Waals surface area contributed by atoms with E-state index in [9.17, 15) is 13.7 Å². The van der Waals surface area contributed by atoms with Crippen LogP contribution in [0.1, 0.15) is 30.5 Å². The molecule has 2 unspecified atom stereocenters. The van der Waals surface area contributed by atoms with Crippen LogP contribution in [0.3, 0.4) is 0 Å². The number of rotatable bonds is 3. The number of hydrogen-bond donors (Lipinski definition) is 0. The van der Waals surface area contributed by atoms with Gasteiger partial charge in [0.15, 0.2) is 14.6 Å². The molecule has 2 aliphatic heterocycles. The Morgan fingerprint density at radius 1 is 1.12 bits per heavy atom. The van der Waals surface area contributed by atoms with Crippen LogP contribution in [0.4, 0.5) is 5.82 Å². The molecule has 0 aliphatic carbocycles. The van der Waals surface area contributed by atoms with Crippen LogP contribution in [-0.2, 0) is 16.3 Å². The van der Waals surface area contributed by atoms with E-state index in [-0.39, 0.29) is 11.3 Å². The molecule has 2 aromatic carbocycles. The first-order chi connectivity index (χ1) is 15.4. The summed E-state index contributed by atoms with van der Waals surface area (Å²) in [6.45, 7) is 2.58. The zero-order valence-electron chi connectivity index (χ0n) is 17.7. The standard InChI is InChI=1S/C24H23ClN4O2S/c1-17-21-15-24(16-26,32(30,31)20-12-10-18(25)11-13-20)22-9-5-6-14-28(22)23(21)29(27-17)19-7-3-2-4-8-19/h2-4,7-8,10-13,22H,5-6,9,14-15H2,1H3. The maximum absolute atomic E-state index is 14.0. The third-order valence-electron chi connectivity index (χ3n) is 6.70. The predicted molar refractivity (Wildman–Crippen MR) is 124 cm³/mol. The number of nitrogens with zero attached hydrogens (tertiary/aromatic N) is 4. The summed E-state index contributed by atoms with van der Waals surface area (Å²) in [4.78, 5) is 2.25. The van der Waals surface area contributed by atoms with E-state index in [0.717, 1.165) is 35.6 Å². The summed E-state index contributed by atoms with van der Waals surface area (Å²) in [5.41, 5.74) is 2.50. The number of aromatic nitrogens is 2. The molecule has 3 aromatic rings. The van der Waals surface area contributed by atoms with Gasteiger partial charge in [0.1, 0.15) is 5.82 Å². The molecule has 2 atom stereocenters. The first kappa shape index (κ1) is 21.0. The van der Waals surface area contributed by atoms with Crippen molar-refractivity contribution in [3.63, 3.8) is 0 Å². The second kappa shape index (κ2) is 7.65. The minimum Gasteiger partial charge on any atom is -0.351 e. The second-order valence-corrected chi connectivity index (χ2v) is 11.1. The summed E-state index contributed by atoms with van der Waals surface area (Å²) in [5, 5.41) is 15.7. The van der Waals surface area contributed by atoms with Crippen LogP contribution >= 0.6 is 11.6 Å². The van der Waals surface area contributed by atoms with E-state index < -0.39 is 20.6 Å². The fraction of sp³-hybridized carbons (Fsp3) is 0.333. The van der Waals surface area contributed by atoms with Crippen LogP contribution in [-0.4, -0.2) is 35.5 Å². The van der Waals surface area contributed by atoms with Gasteiger partial charge >= 0.3 is 0 Å². The zero-order chi connectivity index (χ0) is 22.5. The summed E-state index contributed by atoms with van der Waals surface area (Å²) >= 11 is 6.00. The maximum Gasteiger partial charge on any atom is 0.199 e. The van der Waals surface area contributed by atoms with Gasteiger partial charge in [0, 0.05) is 23.6 Å². The summed E-state index contributed by atoms with van der Waals surface area (Å²) < 4.78 is 28.3. The van der Waals surface area contributed by atoms with Crippen molar-refractivity contribution in [1.82, 2.24) is 9.78 Å². The van der Waals surface area contributed by atoms with Crippen molar-refractivity contribution in [2.75, 3.05) is 11.4 Å². The fourth-order valence-electron chi connectivity index (χ4n) is 5.12. The van der Waals surface area contributed by atoms with Gasteiger partial charge in [-0.1, -0.05) is 29.8 Å². The van der Waals surface area contributed by atoms with Crippen molar-refractivity contribution in [2.24, 2.45) is 0 Å². The van der Waals surface area contributed by atoms with Crippen molar-refractivity contribution < 1.29 is 8.42 Å². The Bertz CT molecular complexity index is 1310. The molecule has 8 heteroatoms. The van der Waals surface area contributed by atoms with Crippen molar-refractivity contribution in [2.45, 2.75) is 48.3 Å². The second-order valence-electron chi connectivity index (χ2n) is 8.48. The minimum atomic E-state index is -3.97. The molecule has 0 radical (unpaired) electrons. The van der Waals surface area contributed by atoms with Crippen molar-refractivity contribution in [3.05, 3.63) is 70.9 Å². The molecule has 1 fully saturated rings. The highest BCUT2D eigenvalue weighted by molar-refractivity contribution is 7.93. The van der Waals surface area contributed by atoms with E-state index >= 15 is 0 Å². The van der Waals surface area contributed by atoms with E-state index in [4.69, 9.17) is 16.7 Å². The third-order valence-corrected chi connectivity index (χ3v) is 9.31. The molecule has 6 nitrogen and oxygen atoms in total. The van der Waals surface area contributed by atoms with Gasteiger partial charge in [0.25, 0.3) is 0 Å². The topological polar surface area (TPSA) is 79.0 Å². The van der Waals surface area contributed by atoms with Crippen LogP contribution in [0.5, 0.6) is 0 Å². The Kier molecular flexibility index (Phi) is 5.03. The minimum absolute atomic E-state index is 0.115. The number of anilines is 1. The normalized spacial score (nSPS) is 22.7. The highest BCUT2D eigenvalue weighted by atomic mass is 35.5. The number of piperidine rings is 1. The lowest BCUT2D eigenvalue weighted by molar-refractivity contribution is 0.374. The highest BCUT2D eigenvalue weighted by Crippen LogP contribution is 2.47. The molecule has 0 bridgehead atoms. The molecule has 0 amide bonds. The molecule has 0 N–H and O–H groups in total. The molecule has 3 heterocycles. The van der Waals surface area contributed by atoms with Gasteiger partial charge in [0.2, 0.25) is 0 Å². The lowest BCUT2D eigenvalue weighted by Gasteiger charge is -2.48. The molecule has 32 heavy (non-hydrogen) atoms. The summed E-state index contributed by atoms with van der Waals surface area (Å²) in [6, 6.07) is 17.8. The molecule has 1 aromatic heterocycles. The van der Waals surface area contributed by atoms with Gasteiger partial charge < -0.3 is 4.90 Å². The van der Waals surface area contributed by atoms with E-state index in [1.165, 1.54) is 12.1 Å². The fourth-order valence-corrected chi connectivity index (χ4v) is 7.22. The van der Waals surface area contributed by atoms with E-state index in [1.807, 2.05) is 41.9 Å². The predicted octanol–water partition coefficient (Wildman–Crippen LogP) is 4.49. The van der Waals surface area contributed by atoms with Crippen molar-refractivity contribution >= 4 is 27.3 Å². The molecule has 0 saturated carbocycles. The summed E-state index contributed by atoms with van der Waals surface area (Å²) in [6.07, 6.45) is 2.58. The van der Waals surface area contributed by atoms with Gasteiger partial charge in [-0.05, 0) is 62.6 Å². The molecule has 0 spiro atoms. The lowest BCUT2D eigenvalue weighted by atomic mass is 9.82. The summed E-state index contributed by atoms with van der Waals surface area (Å²) in [5.74, 6) is 0.913. The Morgan fingerprint density at radius 3 is 2.53 bits per heavy atom. The van der Waals surface area contributed by atoms with Crippen molar-refractivity contribution in [3.8, 4) is 11.8 Å².